The summed E-state index contributed by atoms with van der Waals surface area (Å²) in [4.78, 5) is 1.81. The number of nitrogens with one attached hydrogen (secondary N) is 1. The Morgan fingerprint density at radius 3 is 2.52 bits per heavy atom. The van der Waals surface area contributed by atoms with Gasteiger partial charge in [0.1, 0.15) is 0 Å². The van der Waals surface area contributed by atoms with Crippen molar-refractivity contribution in [2.45, 2.75) is 46.0 Å². The number of nitrogens with zero attached hydrogens (tertiary/aromatic N) is 1. The second kappa shape index (κ2) is 6.91. The van der Waals surface area contributed by atoms with Crippen LogP contribution in [0.2, 0.25) is 0 Å². The quantitative estimate of drug-likeness (QED) is 0.855. The zero-order valence-electron chi connectivity index (χ0n) is 14.0. The third-order valence-corrected chi connectivity index (χ3v) is 5.54. The first-order valence-electron chi connectivity index (χ1n) is 8.54. The Labute approximate surface area is 128 Å². The lowest BCUT2D eigenvalue weighted by Crippen LogP contribution is -2.47. The van der Waals surface area contributed by atoms with E-state index in [-0.39, 0.29) is 18.9 Å². The van der Waals surface area contributed by atoms with Gasteiger partial charge in [-0.1, -0.05) is 20.8 Å². The zero-order chi connectivity index (χ0) is 15.6. The van der Waals surface area contributed by atoms with Gasteiger partial charge in [0.15, 0.2) is 0 Å². The number of hydrogen-bond acceptors (Lipinski definition) is 2. The number of likely N-dealkylation sites (tertiary alicyclic amines) is 1. The monoisotopic (exact) mass is 302 g/mol. The molecule has 2 aliphatic rings. The summed E-state index contributed by atoms with van der Waals surface area (Å²) in [5, 5.41) is 3.54. The standard InChI is InChI=1S/C17H32F2N2/c1-12(2)15-6-14(8-20-9-15)5-13(3)16-7-17(18,19)11-21(4)10-16/h12-16,20H,5-11H2,1-4H3/t13-,14?,15?,16?/m1/s1. The number of alkyl halides is 2. The molecule has 2 saturated heterocycles. The molecule has 21 heavy (non-hydrogen) atoms. The average molecular weight is 302 g/mol. The van der Waals surface area contributed by atoms with Crippen LogP contribution in [-0.4, -0.2) is 44.0 Å². The van der Waals surface area contributed by atoms with Gasteiger partial charge in [-0.15, -0.1) is 0 Å². The van der Waals surface area contributed by atoms with E-state index in [1.165, 1.54) is 6.42 Å². The number of hydrogen-bond donors (Lipinski definition) is 1. The lowest BCUT2D eigenvalue weighted by atomic mass is 9.75. The highest BCUT2D eigenvalue weighted by Gasteiger charge is 2.41. The van der Waals surface area contributed by atoms with Crippen molar-refractivity contribution in [1.82, 2.24) is 10.2 Å². The summed E-state index contributed by atoms with van der Waals surface area (Å²) in [7, 11) is 1.82. The summed E-state index contributed by atoms with van der Waals surface area (Å²) >= 11 is 0. The van der Waals surface area contributed by atoms with Crippen molar-refractivity contribution in [1.29, 1.82) is 0 Å². The Bertz CT molecular complexity index is 333. The van der Waals surface area contributed by atoms with Crippen molar-refractivity contribution in [3.05, 3.63) is 0 Å². The molecule has 0 radical (unpaired) electrons. The van der Waals surface area contributed by atoms with Crippen LogP contribution >= 0.6 is 0 Å². The highest BCUT2D eigenvalue weighted by Crippen LogP contribution is 2.37. The minimum atomic E-state index is -2.50. The maximum absolute atomic E-state index is 13.8. The van der Waals surface area contributed by atoms with Crippen LogP contribution in [0.15, 0.2) is 0 Å². The molecule has 3 unspecified atom stereocenters. The highest BCUT2D eigenvalue weighted by atomic mass is 19.3. The predicted molar refractivity (Wildman–Crippen MR) is 83.6 cm³/mol. The van der Waals surface area contributed by atoms with Gasteiger partial charge < -0.3 is 10.2 Å². The molecule has 0 saturated carbocycles. The first-order chi connectivity index (χ1) is 9.77. The summed E-state index contributed by atoms with van der Waals surface area (Å²) < 4.78 is 27.5. The van der Waals surface area contributed by atoms with Crippen LogP contribution in [0.5, 0.6) is 0 Å². The SMILES string of the molecule is CC(C)C1CNCC(C[C@@H](C)C2CN(C)CC(F)(F)C2)C1. The largest absolute Gasteiger partial charge is 0.316 e. The van der Waals surface area contributed by atoms with Crippen molar-refractivity contribution in [2.24, 2.45) is 29.6 Å². The molecule has 4 atom stereocenters. The molecule has 2 nitrogen and oxygen atoms in total. The Balaban J connectivity index is 1.87. The molecule has 2 aliphatic heterocycles. The summed E-state index contributed by atoms with van der Waals surface area (Å²) in [6.07, 6.45) is 2.42. The number of rotatable bonds is 4. The van der Waals surface area contributed by atoms with Crippen molar-refractivity contribution in [2.75, 3.05) is 33.2 Å². The van der Waals surface area contributed by atoms with E-state index < -0.39 is 5.92 Å². The van der Waals surface area contributed by atoms with Crippen molar-refractivity contribution >= 4 is 0 Å². The first kappa shape index (κ1) is 17.1. The molecule has 0 aromatic rings. The summed E-state index contributed by atoms with van der Waals surface area (Å²) in [5.74, 6) is 0.126. The van der Waals surface area contributed by atoms with E-state index in [1.54, 1.807) is 4.90 Å². The molecule has 124 valence electrons. The smallest absolute Gasteiger partial charge is 0.260 e. The Morgan fingerprint density at radius 1 is 1.19 bits per heavy atom. The molecule has 0 aromatic heterocycles. The van der Waals surface area contributed by atoms with Gasteiger partial charge >= 0.3 is 0 Å². The molecule has 4 heteroatoms. The van der Waals surface area contributed by atoms with Crippen LogP contribution in [0, 0.1) is 29.6 Å². The fraction of sp³-hybridized carbons (Fsp3) is 1.00. The van der Waals surface area contributed by atoms with Crippen molar-refractivity contribution < 1.29 is 8.78 Å². The second-order valence-corrected chi connectivity index (χ2v) is 7.99. The van der Waals surface area contributed by atoms with Crippen LogP contribution in [0.1, 0.15) is 40.0 Å². The molecule has 2 rings (SSSR count). The van der Waals surface area contributed by atoms with Crippen molar-refractivity contribution in [3.8, 4) is 0 Å². The minimum Gasteiger partial charge on any atom is -0.316 e. The van der Waals surface area contributed by atoms with E-state index in [1.807, 2.05) is 7.05 Å². The van der Waals surface area contributed by atoms with Gasteiger partial charge in [-0.25, -0.2) is 8.78 Å². The Kier molecular flexibility index (Phi) is 5.64. The maximum atomic E-state index is 13.8. The molecule has 2 heterocycles. The summed E-state index contributed by atoms with van der Waals surface area (Å²) in [5.41, 5.74) is 0. The lowest BCUT2D eigenvalue weighted by Gasteiger charge is -2.40. The Hall–Kier alpha value is -0.220. The lowest BCUT2D eigenvalue weighted by molar-refractivity contribution is -0.0879. The fourth-order valence-electron chi connectivity index (χ4n) is 4.23. The molecule has 0 spiro atoms. The zero-order valence-corrected chi connectivity index (χ0v) is 14.0. The molecule has 1 N–H and O–H groups in total. The van der Waals surface area contributed by atoms with Gasteiger partial charge in [-0.3, -0.25) is 0 Å². The van der Waals surface area contributed by atoms with Gasteiger partial charge in [0.25, 0.3) is 5.92 Å². The summed E-state index contributed by atoms with van der Waals surface area (Å²) in [6, 6.07) is 0. The maximum Gasteiger partial charge on any atom is 0.260 e. The van der Waals surface area contributed by atoms with E-state index in [0.717, 1.165) is 32.0 Å². The van der Waals surface area contributed by atoms with Gasteiger partial charge in [-0.2, -0.15) is 0 Å². The molecule has 0 aromatic carbocycles. The fourth-order valence-corrected chi connectivity index (χ4v) is 4.23. The van der Waals surface area contributed by atoms with Crippen LogP contribution in [-0.2, 0) is 0 Å². The molecule has 0 aliphatic carbocycles. The van der Waals surface area contributed by atoms with Gasteiger partial charge in [0.05, 0.1) is 6.54 Å². The van der Waals surface area contributed by atoms with Crippen LogP contribution < -0.4 is 5.32 Å². The highest BCUT2D eigenvalue weighted by molar-refractivity contribution is 4.87. The first-order valence-corrected chi connectivity index (χ1v) is 8.54. The van der Waals surface area contributed by atoms with E-state index in [2.05, 4.69) is 26.1 Å². The van der Waals surface area contributed by atoms with E-state index in [4.69, 9.17) is 0 Å². The third kappa shape index (κ3) is 4.88. The predicted octanol–water partition coefficient (Wildman–Crippen LogP) is 3.48. The minimum absolute atomic E-state index is 0.0728. The summed E-state index contributed by atoms with van der Waals surface area (Å²) in [6.45, 7) is 9.68. The molecular formula is C17H32F2N2. The molecule has 2 fully saturated rings. The topological polar surface area (TPSA) is 15.3 Å². The van der Waals surface area contributed by atoms with Crippen molar-refractivity contribution in [3.63, 3.8) is 0 Å². The number of halogens is 2. The van der Waals surface area contributed by atoms with Gasteiger partial charge in [-0.05, 0) is 62.6 Å². The van der Waals surface area contributed by atoms with Crippen LogP contribution in [0.25, 0.3) is 0 Å². The average Bonchev–Trinajstić information content (AvgIpc) is 2.36. The molecule has 0 bridgehead atoms. The van der Waals surface area contributed by atoms with E-state index >= 15 is 0 Å². The molecule has 0 amide bonds. The Morgan fingerprint density at radius 2 is 1.90 bits per heavy atom. The van der Waals surface area contributed by atoms with Gasteiger partial charge in [0, 0.05) is 13.0 Å². The normalized spacial score (nSPS) is 35.9. The van der Waals surface area contributed by atoms with E-state index in [0.29, 0.717) is 17.8 Å². The van der Waals surface area contributed by atoms with E-state index in [9.17, 15) is 8.78 Å². The third-order valence-electron chi connectivity index (χ3n) is 5.54. The van der Waals surface area contributed by atoms with Gasteiger partial charge in [0.2, 0.25) is 0 Å². The van der Waals surface area contributed by atoms with Crippen LogP contribution in [0.3, 0.4) is 0 Å². The number of piperidine rings is 2. The van der Waals surface area contributed by atoms with Crippen LogP contribution in [0.4, 0.5) is 8.78 Å². The second-order valence-electron chi connectivity index (χ2n) is 7.99. The molecular weight excluding hydrogens is 270 g/mol.